The molecule has 0 aliphatic carbocycles. The van der Waals surface area contributed by atoms with E-state index in [9.17, 15) is 14.3 Å². The largest absolute Gasteiger partial charge is 0.512 e. The molecule has 0 saturated carbocycles. The Labute approximate surface area is 304 Å². The third kappa shape index (κ3) is 8.80. The fraction of sp³-hybridized carbons (Fsp3) is 0.429. The fourth-order valence-corrected chi connectivity index (χ4v) is 7.74. The summed E-state index contributed by atoms with van der Waals surface area (Å²) in [5, 5.41) is 14.5. The van der Waals surface area contributed by atoms with Crippen molar-refractivity contribution in [3.8, 4) is 11.3 Å². The average molecular weight is 845 g/mol. The normalized spacial score (nSPS) is 12.8. The number of alkyl halides is 1. The molecule has 1 unspecified atom stereocenters. The summed E-state index contributed by atoms with van der Waals surface area (Å²) in [6, 6.07) is 20.7. The van der Waals surface area contributed by atoms with Crippen LogP contribution in [0.1, 0.15) is 97.8 Å². The number of aliphatic hydroxyl groups is 1. The number of ketones is 1. The Kier molecular flexibility index (Phi) is 14.1. The molecule has 0 bridgehead atoms. The molecule has 1 N–H and O–H groups in total. The van der Waals surface area contributed by atoms with Crippen molar-refractivity contribution in [3.63, 3.8) is 0 Å². The molecule has 2 aromatic heterocycles. The number of halogens is 1. The van der Waals surface area contributed by atoms with Crippen molar-refractivity contribution in [3.05, 3.63) is 89.3 Å². The number of pyridine rings is 1. The van der Waals surface area contributed by atoms with E-state index in [0.29, 0.717) is 6.42 Å². The molecule has 5 rings (SSSR count). The number of thiophene rings is 1. The second-order valence-electron chi connectivity index (χ2n) is 13.7. The van der Waals surface area contributed by atoms with Gasteiger partial charge in [-0.1, -0.05) is 89.7 Å². The number of fused-ring (bicyclic) bond motifs is 4. The number of rotatable bonds is 10. The maximum Gasteiger partial charge on any atom is 0.162 e. The summed E-state index contributed by atoms with van der Waals surface area (Å²) in [4.78, 5) is 16.5. The SMILES string of the molecule is CCC(CC)C(=O)/C=C(\O)C(CC)CC.Cc1c(CC(C)F)ccc2c1sc1c(-c3[c-]c4ccccc4c(C(C)(C)C)c3)nccc12.[Ir]. The number of nitrogens with zero attached hydrogens (tertiary/aromatic N) is 1. The van der Waals surface area contributed by atoms with Crippen LogP contribution >= 0.6 is 11.3 Å². The number of allylic oxidation sites excluding steroid dienone is 2. The van der Waals surface area contributed by atoms with Gasteiger partial charge in [0, 0.05) is 71.1 Å². The number of carbonyl (C=O) groups excluding carboxylic acids is 1. The van der Waals surface area contributed by atoms with Crippen LogP contribution in [0.25, 0.3) is 42.2 Å². The third-order valence-electron chi connectivity index (χ3n) is 9.34. The van der Waals surface area contributed by atoms with E-state index in [1.807, 2.05) is 33.9 Å². The van der Waals surface area contributed by atoms with Gasteiger partial charge in [0.2, 0.25) is 0 Å². The summed E-state index contributed by atoms with van der Waals surface area (Å²) >= 11 is 1.76. The van der Waals surface area contributed by atoms with Crippen LogP contribution in [-0.2, 0) is 36.7 Å². The third-order valence-corrected chi connectivity index (χ3v) is 10.7. The van der Waals surface area contributed by atoms with Gasteiger partial charge in [-0.15, -0.1) is 40.5 Å². The van der Waals surface area contributed by atoms with Gasteiger partial charge in [0.25, 0.3) is 0 Å². The standard InChI is InChI=1S/C29H27FNS.C13H24O2.Ir/c1-17(30)14-19-10-11-23-24-12-13-31-26(28(24)32-27(23)18(19)2)21-15-20-8-6-7-9-22(20)25(16-21)29(3,4)5;1-5-10(6-2)12(14)9-13(15)11(7-3)8-4;/h6-13,16-17H,14H2,1-5H3;9-11,14H,5-8H2,1-4H3;/q-1;;/b;12-9-;. The molecule has 0 aliphatic rings. The van der Waals surface area contributed by atoms with Crippen LogP contribution in [0, 0.1) is 24.8 Å². The Morgan fingerprint density at radius 3 is 2.17 bits per heavy atom. The summed E-state index contributed by atoms with van der Waals surface area (Å²) in [6.07, 6.45) is 6.41. The summed E-state index contributed by atoms with van der Waals surface area (Å²) in [7, 11) is 0. The topological polar surface area (TPSA) is 50.2 Å². The van der Waals surface area contributed by atoms with Gasteiger partial charge in [0.1, 0.15) is 6.17 Å². The number of carbonyl (C=O) groups is 1. The van der Waals surface area contributed by atoms with Crippen molar-refractivity contribution in [1.29, 1.82) is 0 Å². The maximum absolute atomic E-state index is 13.7. The van der Waals surface area contributed by atoms with Crippen LogP contribution in [-0.4, -0.2) is 22.0 Å². The van der Waals surface area contributed by atoms with E-state index < -0.39 is 6.17 Å². The van der Waals surface area contributed by atoms with E-state index in [0.717, 1.165) is 47.9 Å². The first kappa shape index (κ1) is 39.5. The molecule has 2 heterocycles. The van der Waals surface area contributed by atoms with Crippen LogP contribution < -0.4 is 0 Å². The summed E-state index contributed by atoms with van der Waals surface area (Å²) < 4.78 is 16.1. The van der Waals surface area contributed by atoms with Crippen LogP contribution in [0.3, 0.4) is 0 Å². The summed E-state index contributed by atoms with van der Waals surface area (Å²) in [6.45, 7) is 18.6. The van der Waals surface area contributed by atoms with Gasteiger partial charge in [0.05, 0.1) is 5.76 Å². The smallest absolute Gasteiger partial charge is 0.162 e. The molecule has 1 radical (unpaired) electrons. The molecular formula is C42H51FIrNO2S-. The molecule has 1 atom stereocenters. The number of aliphatic hydroxyl groups excluding tert-OH is 1. The molecule has 0 saturated heterocycles. The van der Waals surface area contributed by atoms with Gasteiger partial charge in [-0.25, -0.2) is 4.39 Å². The van der Waals surface area contributed by atoms with Crippen molar-refractivity contribution in [2.24, 2.45) is 11.8 Å². The number of aromatic nitrogens is 1. The predicted octanol–water partition coefficient (Wildman–Crippen LogP) is 12.4. The molecule has 5 aromatic rings. The first-order chi connectivity index (χ1) is 22.3. The molecule has 0 spiro atoms. The van der Waals surface area contributed by atoms with Crippen molar-refractivity contribution in [2.45, 2.75) is 106 Å². The van der Waals surface area contributed by atoms with Gasteiger partial charge in [0.15, 0.2) is 5.78 Å². The van der Waals surface area contributed by atoms with Gasteiger partial charge >= 0.3 is 0 Å². The van der Waals surface area contributed by atoms with E-state index in [-0.39, 0.29) is 48.9 Å². The van der Waals surface area contributed by atoms with E-state index in [2.05, 4.69) is 82.3 Å². The van der Waals surface area contributed by atoms with Crippen LogP contribution in [0.5, 0.6) is 0 Å². The number of aryl methyl sites for hydroxylation is 1. The molecule has 3 nitrogen and oxygen atoms in total. The van der Waals surface area contributed by atoms with Crippen molar-refractivity contribution in [2.75, 3.05) is 0 Å². The Hall–Kier alpha value is -2.92. The molecule has 0 fully saturated rings. The van der Waals surface area contributed by atoms with Crippen LogP contribution in [0.15, 0.2) is 66.6 Å². The Morgan fingerprint density at radius 1 is 0.938 bits per heavy atom. The van der Waals surface area contributed by atoms with Crippen molar-refractivity contribution >= 4 is 48.1 Å². The van der Waals surface area contributed by atoms with Crippen molar-refractivity contribution in [1.82, 2.24) is 4.98 Å². The molecule has 259 valence electrons. The number of hydrogen-bond donors (Lipinski definition) is 1. The second kappa shape index (κ2) is 17.1. The molecule has 0 aliphatic heterocycles. The Morgan fingerprint density at radius 2 is 1.56 bits per heavy atom. The van der Waals surface area contributed by atoms with E-state index in [1.165, 1.54) is 42.8 Å². The van der Waals surface area contributed by atoms with Crippen LogP contribution in [0.4, 0.5) is 4.39 Å². The molecule has 3 aromatic carbocycles. The molecule has 0 amide bonds. The summed E-state index contributed by atoms with van der Waals surface area (Å²) in [5.74, 6) is 0.547. The monoisotopic (exact) mass is 845 g/mol. The van der Waals surface area contributed by atoms with Gasteiger partial charge < -0.3 is 5.11 Å². The minimum Gasteiger partial charge on any atom is -0.512 e. The van der Waals surface area contributed by atoms with E-state index >= 15 is 0 Å². The average Bonchev–Trinajstić information content (AvgIpc) is 3.42. The van der Waals surface area contributed by atoms with Gasteiger partial charge in [-0.05, 0) is 67.5 Å². The second-order valence-corrected chi connectivity index (χ2v) is 14.8. The minimum atomic E-state index is -0.847. The quantitative estimate of drug-likeness (QED) is 0.0865. The first-order valence-electron chi connectivity index (χ1n) is 17.2. The zero-order valence-electron chi connectivity index (χ0n) is 30.0. The zero-order chi connectivity index (χ0) is 34.5. The maximum atomic E-state index is 13.7. The first-order valence-corrected chi connectivity index (χ1v) is 18.0. The number of benzene rings is 3. The van der Waals surface area contributed by atoms with E-state index in [1.54, 1.807) is 18.3 Å². The zero-order valence-corrected chi connectivity index (χ0v) is 33.2. The number of hydrogen-bond acceptors (Lipinski definition) is 4. The van der Waals surface area contributed by atoms with Crippen molar-refractivity contribution < 1.29 is 34.4 Å². The van der Waals surface area contributed by atoms with Crippen LogP contribution in [0.2, 0.25) is 0 Å². The molecule has 48 heavy (non-hydrogen) atoms. The Balaban J connectivity index is 0.000000334. The van der Waals surface area contributed by atoms with E-state index in [4.69, 9.17) is 4.98 Å². The predicted molar refractivity (Wildman–Crippen MR) is 200 cm³/mol. The molecular weight excluding hydrogens is 794 g/mol. The minimum absolute atomic E-state index is 0. The fourth-order valence-electron chi connectivity index (χ4n) is 6.42. The Bertz CT molecular complexity index is 1880. The molecule has 6 heteroatoms. The summed E-state index contributed by atoms with van der Waals surface area (Å²) in [5.41, 5.74) is 5.57. The van der Waals surface area contributed by atoms with Gasteiger partial charge in [-0.3, -0.25) is 9.78 Å². The van der Waals surface area contributed by atoms with Gasteiger partial charge in [-0.2, -0.15) is 0 Å².